The maximum atomic E-state index is 12.1. The van der Waals surface area contributed by atoms with E-state index < -0.39 is 0 Å². The molecule has 0 fully saturated rings. The molecule has 0 spiro atoms. The van der Waals surface area contributed by atoms with Crippen LogP contribution in [0.4, 0.5) is 5.82 Å². The second-order valence-electron chi connectivity index (χ2n) is 5.26. The van der Waals surface area contributed by atoms with E-state index in [0.717, 1.165) is 6.42 Å². The molecule has 0 amide bonds. The molecule has 4 nitrogen and oxygen atoms in total. The van der Waals surface area contributed by atoms with E-state index in [0.29, 0.717) is 11.7 Å². The SMILES string of the molecule is CC(C)CC(C)Nc1nccn(C(C)C)c1=O. The van der Waals surface area contributed by atoms with E-state index in [2.05, 4.69) is 31.1 Å². The number of nitrogens with one attached hydrogen (secondary N) is 1. The minimum atomic E-state index is -0.0434. The Hall–Kier alpha value is -1.32. The summed E-state index contributed by atoms with van der Waals surface area (Å²) < 4.78 is 1.69. The van der Waals surface area contributed by atoms with Crippen LogP contribution in [0.3, 0.4) is 0 Å². The summed E-state index contributed by atoms with van der Waals surface area (Å²) in [6.45, 7) is 10.4. The lowest BCUT2D eigenvalue weighted by Crippen LogP contribution is -2.29. The van der Waals surface area contributed by atoms with Gasteiger partial charge in [0, 0.05) is 24.5 Å². The third-order valence-corrected chi connectivity index (χ3v) is 2.63. The van der Waals surface area contributed by atoms with Gasteiger partial charge in [-0.05, 0) is 33.1 Å². The van der Waals surface area contributed by atoms with Gasteiger partial charge in [-0.1, -0.05) is 13.8 Å². The van der Waals surface area contributed by atoms with Crippen LogP contribution in [-0.4, -0.2) is 15.6 Å². The van der Waals surface area contributed by atoms with E-state index in [9.17, 15) is 4.79 Å². The molecule has 1 aromatic heterocycles. The van der Waals surface area contributed by atoms with Crippen molar-refractivity contribution >= 4 is 5.82 Å². The lowest BCUT2D eigenvalue weighted by Gasteiger charge is -2.17. The zero-order valence-corrected chi connectivity index (χ0v) is 11.4. The van der Waals surface area contributed by atoms with Crippen LogP contribution in [0.5, 0.6) is 0 Å². The molecule has 0 radical (unpaired) electrons. The molecule has 0 aliphatic carbocycles. The Bertz CT molecular complexity index is 409. The summed E-state index contributed by atoms with van der Waals surface area (Å²) in [5.74, 6) is 1.06. The van der Waals surface area contributed by atoms with Gasteiger partial charge in [0.15, 0.2) is 5.82 Å². The number of hydrogen-bond donors (Lipinski definition) is 1. The van der Waals surface area contributed by atoms with Crippen molar-refractivity contribution in [2.24, 2.45) is 5.92 Å². The van der Waals surface area contributed by atoms with Crippen molar-refractivity contribution in [1.82, 2.24) is 9.55 Å². The summed E-state index contributed by atoms with van der Waals surface area (Å²) >= 11 is 0. The molecule has 1 N–H and O–H groups in total. The first kappa shape index (κ1) is 13.7. The summed E-state index contributed by atoms with van der Waals surface area (Å²) in [6.07, 6.45) is 4.43. The van der Waals surface area contributed by atoms with Gasteiger partial charge in [0.1, 0.15) is 0 Å². The van der Waals surface area contributed by atoms with Gasteiger partial charge < -0.3 is 9.88 Å². The van der Waals surface area contributed by atoms with E-state index in [1.54, 1.807) is 17.0 Å². The van der Waals surface area contributed by atoms with Gasteiger partial charge in [0.25, 0.3) is 5.56 Å². The highest BCUT2D eigenvalue weighted by Crippen LogP contribution is 2.08. The zero-order chi connectivity index (χ0) is 13.0. The molecule has 1 unspecified atom stereocenters. The van der Waals surface area contributed by atoms with Gasteiger partial charge in [-0.25, -0.2) is 4.98 Å². The van der Waals surface area contributed by atoms with E-state index in [1.165, 1.54) is 0 Å². The first-order valence-electron chi connectivity index (χ1n) is 6.25. The second kappa shape index (κ2) is 5.84. The molecule has 0 aromatic carbocycles. The smallest absolute Gasteiger partial charge is 0.293 e. The Morgan fingerprint density at radius 2 is 1.94 bits per heavy atom. The quantitative estimate of drug-likeness (QED) is 0.856. The molecule has 96 valence electrons. The molecular weight excluding hydrogens is 214 g/mol. The van der Waals surface area contributed by atoms with Crippen LogP contribution in [0.2, 0.25) is 0 Å². The monoisotopic (exact) mass is 237 g/mol. The fraction of sp³-hybridized carbons (Fsp3) is 0.692. The van der Waals surface area contributed by atoms with E-state index >= 15 is 0 Å². The second-order valence-corrected chi connectivity index (χ2v) is 5.26. The summed E-state index contributed by atoms with van der Waals surface area (Å²) in [5, 5.41) is 3.19. The largest absolute Gasteiger partial charge is 0.363 e. The van der Waals surface area contributed by atoms with Crippen molar-refractivity contribution in [2.75, 3.05) is 5.32 Å². The zero-order valence-electron chi connectivity index (χ0n) is 11.4. The van der Waals surface area contributed by atoms with Gasteiger partial charge in [-0.2, -0.15) is 0 Å². The van der Waals surface area contributed by atoms with Crippen LogP contribution in [0.25, 0.3) is 0 Å². The highest BCUT2D eigenvalue weighted by atomic mass is 16.1. The third-order valence-electron chi connectivity index (χ3n) is 2.63. The number of aromatic nitrogens is 2. The summed E-state index contributed by atoms with van der Waals surface area (Å²) in [6, 6.07) is 0.421. The molecule has 1 aromatic rings. The summed E-state index contributed by atoms with van der Waals surface area (Å²) in [7, 11) is 0. The fourth-order valence-corrected chi connectivity index (χ4v) is 1.93. The lowest BCUT2D eigenvalue weighted by molar-refractivity contribution is 0.534. The number of nitrogens with zero attached hydrogens (tertiary/aromatic N) is 2. The topological polar surface area (TPSA) is 46.9 Å². The minimum Gasteiger partial charge on any atom is -0.363 e. The van der Waals surface area contributed by atoms with Gasteiger partial charge in [0.2, 0.25) is 0 Å². The average Bonchev–Trinajstić information content (AvgIpc) is 2.19. The molecule has 17 heavy (non-hydrogen) atoms. The van der Waals surface area contributed by atoms with E-state index in [4.69, 9.17) is 0 Å². The van der Waals surface area contributed by atoms with Crippen LogP contribution in [0, 0.1) is 5.92 Å². The van der Waals surface area contributed by atoms with Crippen LogP contribution in [0.15, 0.2) is 17.2 Å². The normalized spacial score (nSPS) is 13.1. The van der Waals surface area contributed by atoms with Gasteiger partial charge in [-0.3, -0.25) is 4.79 Å². The highest BCUT2D eigenvalue weighted by molar-refractivity contribution is 5.32. The van der Waals surface area contributed by atoms with E-state index in [-0.39, 0.29) is 17.6 Å². The first-order chi connectivity index (χ1) is 7.91. The molecule has 0 bridgehead atoms. The minimum absolute atomic E-state index is 0.0434. The van der Waals surface area contributed by atoms with Crippen molar-refractivity contribution in [1.29, 1.82) is 0 Å². The van der Waals surface area contributed by atoms with E-state index in [1.807, 2.05) is 13.8 Å². The molecule has 1 rings (SSSR count). The van der Waals surface area contributed by atoms with Crippen LogP contribution < -0.4 is 10.9 Å². The van der Waals surface area contributed by atoms with Crippen LogP contribution in [0.1, 0.15) is 47.1 Å². The number of anilines is 1. The van der Waals surface area contributed by atoms with Gasteiger partial charge >= 0.3 is 0 Å². The Kier molecular flexibility index (Phi) is 4.73. The number of rotatable bonds is 5. The molecule has 4 heteroatoms. The van der Waals surface area contributed by atoms with Crippen LogP contribution >= 0.6 is 0 Å². The fourth-order valence-electron chi connectivity index (χ4n) is 1.93. The molecule has 1 heterocycles. The molecule has 0 saturated carbocycles. The van der Waals surface area contributed by atoms with Gasteiger partial charge in [0.05, 0.1) is 0 Å². The standard InChI is InChI=1S/C13H23N3O/c1-9(2)8-11(5)15-12-13(17)16(10(3)4)7-6-14-12/h6-7,9-11H,8H2,1-5H3,(H,14,15). The van der Waals surface area contributed by atoms with Crippen molar-refractivity contribution in [2.45, 2.75) is 53.1 Å². The van der Waals surface area contributed by atoms with Gasteiger partial charge in [-0.15, -0.1) is 0 Å². The van der Waals surface area contributed by atoms with Crippen molar-refractivity contribution in [3.05, 3.63) is 22.7 Å². The molecule has 1 atom stereocenters. The molecule has 0 saturated heterocycles. The Balaban J connectivity index is 2.85. The predicted octanol–water partition coefficient (Wildman–Crippen LogP) is 2.67. The maximum absolute atomic E-state index is 12.1. The third kappa shape index (κ3) is 3.88. The Morgan fingerprint density at radius 3 is 2.47 bits per heavy atom. The molecule has 0 aliphatic heterocycles. The van der Waals surface area contributed by atoms with Crippen LogP contribution in [-0.2, 0) is 0 Å². The average molecular weight is 237 g/mol. The maximum Gasteiger partial charge on any atom is 0.293 e. The first-order valence-corrected chi connectivity index (χ1v) is 6.25. The highest BCUT2D eigenvalue weighted by Gasteiger charge is 2.10. The number of hydrogen-bond acceptors (Lipinski definition) is 3. The Morgan fingerprint density at radius 1 is 1.29 bits per heavy atom. The lowest BCUT2D eigenvalue weighted by atomic mass is 10.1. The Labute approximate surface area is 103 Å². The summed E-state index contributed by atoms with van der Waals surface area (Å²) in [5.41, 5.74) is -0.0434. The van der Waals surface area contributed by atoms with Crippen molar-refractivity contribution in [3.8, 4) is 0 Å². The summed E-state index contributed by atoms with van der Waals surface area (Å²) in [4.78, 5) is 16.2. The van der Waals surface area contributed by atoms with Crippen molar-refractivity contribution in [3.63, 3.8) is 0 Å². The molecular formula is C13H23N3O. The predicted molar refractivity (Wildman–Crippen MR) is 71.4 cm³/mol. The molecule has 0 aliphatic rings. The van der Waals surface area contributed by atoms with Crippen molar-refractivity contribution < 1.29 is 0 Å².